The SMILES string of the molecule is NC(=S)c1cc2c(nc1N1CCS(=O)(=O)CC1)CCC2. The maximum atomic E-state index is 11.5. The number of fused-ring (bicyclic) bond motifs is 1. The molecule has 0 aromatic carbocycles. The molecule has 1 aliphatic heterocycles. The van der Waals surface area contributed by atoms with Crippen molar-refractivity contribution in [2.45, 2.75) is 19.3 Å². The van der Waals surface area contributed by atoms with Gasteiger partial charge in [-0.2, -0.15) is 0 Å². The Morgan fingerprint density at radius 2 is 2.00 bits per heavy atom. The smallest absolute Gasteiger partial charge is 0.153 e. The second-order valence-electron chi connectivity index (χ2n) is 5.32. The van der Waals surface area contributed by atoms with Crippen molar-refractivity contribution in [2.24, 2.45) is 5.73 Å². The molecule has 0 unspecified atom stereocenters. The number of aryl methyl sites for hydroxylation is 2. The van der Waals surface area contributed by atoms with E-state index >= 15 is 0 Å². The summed E-state index contributed by atoms with van der Waals surface area (Å²) in [6.45, 7) is 0.924. The lowest BCUT2D eigenvalue weighted by Crippen LogP contribution is -2.41. The van der Waals surface area contributed by atoms with Crippen molar-refractivity contribution in [2.75, 3.05) is 29.5 Å². The van der Waals surface area contributed by atoms with Gasteiger partial charge in [-0.15, -0.1) is 0 Å². The Bertz CT molecular complexity index is 656. The number of nitrogens with zero attached hydrogens (tertiary/aromatic N) is 2. The number of nitrogens with two attached hydrogens (primary N) is 1. The maximum Gasteiger partial charge on any atom is 0.153 e. The van der Waals surface area contributed by atoms with Gasteiger partial charge in [0.15, 0.2) is 9.84 Å². The van der Waals surface area contributed by atoms with Crippen LogP contribution in [0.3, 0.4) is 0 Å². The number of anilines is 1. The topological polar surface area (TPSA) is 76.3 Å². The van der Waals surface area contributed by atoms with Gasteiger partial charge in [0.25, 0.3) is 0 Å². The monoisotopic (exact) mass is 311 g/mol. The molecule has 1 aliphatic carbocycles. The molecule has 20 heavy (non-hydrogen) atoms. The molecule has 0 atom stereocenters. The predicted octanol–water partition coefficient (Wildman–Crippen LogP) is 0.439. The van der Waals surface area contributed by atoms with Gasteiger partial charge in [-0.05, 0) is 30.9 Å². The van der Waals surface area contributed by atoms with E-state index in [2.05, 4.69) is 0 Å². The van der Waals surface area contributed by atoms with Crippen LogP contribution >= 0.6 is 12.2 Å². The van der Waals surface area contributed by atoms with Gasteiger partial charge in [-0.1, -0.05) is 12.2 Å². The van der Waals surface area contributed by atoms with Crippen molar-refractivity contribution in [1.82, 2.24) is 4.98 Å². The third kappa shape index (κ3) is 2.52. The molecule has 1 fully saturated rings. The van der Waals surface area contributed by atoms with E-state index in [4.69, 9.17) is 22.9 Å². The third-order valence-corrected chi connectivity index (χ3v) is 5.77. The average Bonchev–Trinajstić information content (AvgIpc) is 2.84. The number of hydrogen-bond donors (Lipinski definition) is 1. The first-order valence-corrected chi connectivity index (χ1v) is 8.97. The van der Waals surface area contributed by atoms with Crippen molar-refractivity contribution < 1.29 is 8.42 Å². The molecular formula is C13H17N3O2S2. The van der Waals surface area contributed by atoms with Crippen LogP contribution in [0, 0.1) is 0 Å². The fraction of sp³-hybridized carbons (Fsp3) is 0.538. The lowest BCUT2D eigenvalue weighted by atomic mass is 10.1. The van der Waals surface area contributed by atoms with E-state index in [9.17, 15) is 8.42 Å². The molecule has 5 nitrogen and oxygen atoms in total. The van der Waals surface area contributed by atoms with Crippen LogP contribution in [0.25, 0.3) is 0 Å². The molecule has 0 saturated carbocycles. The predicted molar refractivity (Wildman–Crippen MR) is 83.0 cm³/mol. The van der Waals surface area contributed by atoms with Gasteiger partial charge in [0.2, 0.25) is 0 Å². The Kier molecular flexibility index (Phi) is 3.41. The molecule has 3 rings (SSSR count). The first-order valence-electron chi connectivity index (χ1n) is 6.74. The summed E-state index contributed by atoms with van der Waals surface area (Å²) in [7, 11) is -2.90. The van der Waals surface area contributed by atoms with E-state index in [-0.39, 0.29) is 11.5 Å². The van der Waals surface area contributed by atoms with Gasteiger partial charge in [-0.3, -0.25) is 0 Å². The molecule has 2 N–H and O–H groups in total. The molecule has 0 radical (unpaired) electrons. The third-order valence-electron chi connectivity index (χ3n) is 3.94. The zero-order valence-corrected chi connectivity index (χ0v) is 12.8. The molecule has 2 heterocycles. The van der Waals surface area contributed by atoms with Crippen molar-refractivity contribution in [3.63, 3.8) is 0 Å². The maximum absolute atomic E-state index is 11.5. The summed E-state index contributed by atoms with van der Waals surface area (Å²) in [6, 6.07) is 2.04. The van der Waals surface area contributed by atoms with Gasteiger partial charge >= 0.3 is 0 Å². The van der Waals surface area contributed by atoms with Crippen molar-refractivity contribution in [3.05, 3.63) is 22.9 Å². The van der Waals surface area contributed by atoms with Gasteiger partial charge in [-0.25, -0.2) is 13.4 Å². The molecule has 0 amide bonds. The van der Waals surface area contributed by atoms with Crippen LogP contribution in [-0.4, -0.2) is 43.0 Å². The van der Waals surface area contributed by atoms with Crippen LogP contribution < -0.4 is 10.6 Å². The summed E-state index contributed by atoms with van der Waals surface area (Å²) < 4.78 is 23.1. The van der Waals surface area contributed by atoms with E-state index in [1.807, 2.05) is 11.0 Å². The zero-order chi connectivity index (χ0) is 14.3. The Morgan fingerprint density at radius 3 is 2.65 bits per heavy atom. The highest BCUT2D eigenvalue weighted by Crippen LogP contribution is 2.28. The molecule has 1 aromatic heterocycles. The minimum absolute atomic E-state index is 0.169. The zero-order valence-electron chi connectivity index (χ0n) is 11.1. The van der Waals surface area contributed by atoms with E-state index in [1.165, 1.54) is 5.56 Å². The van der Waals surface area contributed by atoms with E-state index in [0.717, 1.165) is 36.3 Å². The van der Waals surface area contributed by atoms with Crippen LogP contribution in [0.1, 0.15) is 23.2 Å². The quantitative estimate of drug-likeness (QED) is 0.799. The lowest BCUT2D eigenvalue weighted by molar-refractivity contribution is 0.586. The fourth-order valence-corrected chi connectivity index (χ4v) is 4.16. The summed E-state index contributed by atoms with van der Waals surface area (Å²) in [5.41, 5.74) is 8.92. The van der Waals surface area contributed by atoms with Crippen LogP contribution in [-0.2, 0) is 22.7 Å². The number of hydrogen-bond acceptors (Lipinski definition) is 5. The molecular weight excluding hydrogens is 294 g/mol. The highest BCUT2D eigenvalue weighted by atomic mass is 32.2. The molecule has 1 aromatic rings. The molecule has 0 spiro atoms. The van der Waals surface area contributed by atoms with Crippen molar-refractivity contribution in [3.8, 4) is 0 Å². The standard InChI is InChI=1S/C13H17N3O2S2/c14-12(19)10-8-9-2-1-3-11(9)15-13(10)16-4-6-20(17,18)7-5-16/h8H,1-7H2,(H2,14,19). The summed E-state index contributed by atoms with van der Waals surface area (Å²) in [4.78, 5) is 7.03. The number of sulfone groups is 1. The van der Waals surface area contributed by atoms with Gasteiger partial charge in [0, 0.05) is 18.8 Å². The minimum Gasteiger partial charge on any atom is -0.389 e. The fourth-order valence-electron chi connectivity index (χ4n) is 2.81. The van der Waals surface area contributed by atoms with Crippen LogP contribution in [0.4, 0.5) is 5.82 Å². The summed E-state index contributed by atoms with van der Waals surface area (Å²) in [5.74, 6) is 1.10. The molecule has 1 saturated heterocycles. The van der Waals surface area contributed by atoms with Gasteiger partial charge < -0.3 is 10.6 Å². The normalized spacial score (nSPS) is 20.7. The molecule has 7 heteroatoms. The van der Waals surface area contributed by atoms with Crippen molar-refractivity contribution >= 4 is 32.9 Å². The van der Waals surface area contributed by atoms with Crippen molar-refractivity contribution in [1.29, 1.82) is 0 Å². The molecule has 0 bridgehead atoms. The highest BCUT2D eigenvalue weighted by molar-refractivity contribution is 7.91. The van der Waals surface area contributed by atoms with Crippen LogP contribution in [0.15, 0.2) is 6.07 Å². The largest absolute Gasteiger partial charge is 0.389 e. The number of aromatic nitrogens is 1. The second-order valence-corrected chi connectivity index (χ2v) is 8.07. The Hall–Kier alpha value is -1.21. The molecule has 108 valence electrons. The summed E-state index contributed by atoms with van der Waals surface area (Å²) in [6.07, 6.45) is 3.11. The summed E-state index contributed by atoms with van der Waals surface area (Å²) in [5, 5.41) is 0. The van der Waals surface area contributed by atoms with E-state index in [0.29, 0.717) is 18.1 Å². The van der Waals surface area contributed by atoms with Crippen LogP contribution in [0.2, 0.25) is 0 Å². The van der Waals surface area contributed by atoms with E-state index < -0.39 is 9.84 Å². The Labute approximate surface area is 124 Å². The number of thiocarbonyl (C=S) groups is 1. The summed E-state index contributed by atoms with van der Waals surface area (Å²) >= 11 is 5.13. The Morgan fingerprint density at radius 1 is 1.30 bits per heavy atom. The Balaban J connectivity index is 1.98. The number of pyridine rings is 1. The second kappa shape index (κ2) is 4.96. The average molecular weight is 311 g/mol. The lowest BCUT2D eigenvalue weighted by Gasteiger charge is -2.29. The van der Waals surface area contributed by atoms with Crippen LogP contribution in [0.5, 0.6) is 0 Å². The number of rotatable bonds is 2. The van der Waals surface area contributed by atoms with E-state index in [1.54, 1.807) is 0 Å². The van der Waals surface area contributed by atoms with Gasteiger partial charge in [0.1, 0.15) is 10.8 Å². The highest BCUT2D eigenvalue weighted by Gasteiger charge is 2.26. The molecule has 2 aliphatic rings. The first kappa shape index (κ1) is 13.8. The minimum atomic E-state index is -2.90. The first-order chi connectivity index (χ1) is 9.46. The van der Waals surface area contributed by atoms with Gasteiger partial charge in [0.05, 0.1) is 17.1 Å².